The molecule has 0 unspecified atom stereocenters. The maximum absolute atomic E-state index is 5.64. The van der Waals surface area contributed by atoms with Gasteiger partial charge in [-0.15, -0.1) is 0 Å². The van der Waals surface area contributed by atoms with Crippen LogP contribution in [0.5, 0.6) is 0 Å². The van der Waals surface area contributed by atoms with Gasteiger partial charge < -0.3 is 5.73 Å². The Morgan fingerprint density at radius 2 is 2.06 bits per heavy atom. The Morgan fingerprint density at radius 3 is 2.94 bits per heavy atom. The highest BCUT2D eigenvalue weighted by Crippen LogP contribution is 2.14. The number of rotatable bonds is 1. The lowest BCUT2D eigenvalue weighted by atomic mass is 10.3. The standard InChI is InChI=1S/C11H9N5/c12-9-4-1-5-10(15-9)16-11-8(7-14-16)3-2-6-13-11/h1-7H,(H2,12,15). The summed E-state index contributed by atoms with van der Waals surface area (Å²) in [7, 11) is 0. The molecule has 0 atom stereocenters. The summed E-state index contributed by atoms with van der Waals surface area (Å²) in [4.78, 5) is 8.47. The second kappa shape index (κ2) is 3.30. The molecule has 5 nitrogen and oxygen atoms in total. The lowest BCUT2D eigenvalue weighted by Crippen LogP contribution is -2.02. The molecule has 5 heteroatoms. The molecule has 3 heterocycles. The first-order chi connectivity index (χ1) is 7.84. The number of nitrogens with zero attached hydrogens (tertiary/aromatic N) is 4. The summed E-state index contributed by atoms with van der Waals surface area (Å²) in [5, 5.41) is 5.22. The predicted octanol–water partition coefficient (Wildman–Crippen LogP) is 1.40. The second-order valence-electron chi connectivity index (χ2n) is 3.39. The molecule has 0 aliphatic rings. The van der Waals surface area contributed by atoms with Gasteiger partial charge in [0.1, 0.15) is 5.82 Å². The Labute approximate surface area is 91.6 Å². The van der Waals surface area contributed by atoms with Crippen molar-refractivity contribution in [1.29, 1.82) is 0 Å². The van der Waals surface area contributed by atoms with Crippen LogP contribution in [0.3, 0.4) is 0 Å². The van der Waals surface area contributed by atoms with E-state index >= 15 is 0 Å². The van der Waals surface area contributed by atoms with Crippen molar-refractivity contribution in [1.82, 2.24) is 19.7 Å². The van der Waals surface area contributed by atoms with Gasteiger partial charge in [-0.25, -0.2) is 9.97 Å². The van der Waals surface area contributed by atoms with E-state index in [1.54, 1.807) is 23.1 Å². The predicted molar refractivity (Wildman–Crippen MR) is 61.1 cm³/mol. The molecule has 0 saturated heterocycles. The summed E-state index contributed by atoms with van der Waals surface area (Å²) in [6, 6.07) is 9.26. The molecule has 3 rings (SSSR count). The fraction of sp³-hybridized carbons (Fsp3) is 0. The largest absolute Gasteiger partial charge is 0.384 e. The molecule has 3 aromatic heterocycles. The lowest BCUT2D eigenvalue weighted by molar-refractivity contribution is 0.865. The molecule has 3 aromatic rings. The molecule has 0 aromatic carbocycles. The van der Waals surface area contributed by atoms with Crippen LogP contribution in [0, 0.1) is 0 Å². The number of aromatic nitrogens is 4. The van der Waals surface area contributed by atoms with Crippen molar-refractivity contribution in [3.63, 3.8) is 0 Å². The lowest BCUT2D eigenvalue weighted by Gasteiger charge is -2.01. The van der Waals surface area contributed by atoms with E-state index in [2.05, 4.69) is 15.1 Å². The van der Waals surface area contributed by atoms with Crippen LogP contribution in [0.15, 0.2) is 42.7 Å². The minimum atomic E-state index is 0.470. The van der Waals surface area contributed by atoms with Gasteiger partial charge in [0.05, 0.1) is 6.20 Å². The van der Waals surface area contributed by atoms with E-state index in [4.69, 9.17) is 5.73 Å². The van der Waals surface area contributed by atoms with Gasteiger partial charge in [0.25, 0.3) is 0 Å². The third-order valence-electron chi connectivity index (χ3n) is 2.30. The molecule has 2 N–H and O–H groups in total. The summed E-state index contributed by atoms with van der Waals surface area (Å²) in [6.45, 7) is 0. The van der Waals surface area contributed by atoms with Crippen molar-refractivity contribution in [3.05, 3.63) is 42.7 Å². The van der Waals surface area contributed by atoms with Gasteiger partial charge in [-0.1, -0.05) is 6.07 Å². The number of anilines is 1. The van der Waals surface area contributed by atoms with Crippen LogP contribution in [0.2, 0.25) is 0 Å². The molecular weight excluding hydrogens is 202 g/mol. The van der Waals surface area contributed by atoms with Crippen LogP contribution in [0.4, 0.5) is 5.82 Å². The molecule has 0 aliphatic heterocycles. The number of pyridine rings is 2. The van der Waals surface area contributed by atoms with Gasteiger partial charge in [0.2, 0.25) is 0 Å². The van der Waals surface area contributed by atoms with E-state index in [-0.39, 0.29) is 0 Å². The fourth-order valence-electron chi connectivity index (χ4n) is 1.59. The van der Waals surface area contributed by atoms with E-state index in [0.717, 1.165) is 11.0 Å². The smallest absolute Gasteiger partial charge is 0.164 e. The van der Waals surface area contributed by atoms with Crippen LogP contribution >= 0.6 is 0 Å². The molecule has 0 saturated carbocycles. The summed E-state index contributed by atoms with van der Waals surface area (Å²) in [6.07, 6.45) is 3.49. The van der Waals surface area contributed by atoms with E-state index in [1.807, 2.05) is 24.3 Å². The van der Waals surface area contributed by atoms with Crippen LogP contribution in [-0.4, -0.2) is 19.7 Å². The zero-order chi connectivity index (χ0) is 11.0. The molecule has 0 spiro atoms. The first-order valence-corrected chi connectivity index (χ1v) is 4.86. The minimum Gasteiger partial charge on any atom is -0.384 e. The molecule has 0 aliphatic carbocycles. The summed E-state index contributed by atoms with van der Waals surface area (Å²) < 4.78 is 1.67. The Hall–Kier alpha value is -2.43. The van der Waals surface area contributed by atoms with Crippen LogP contribution < -0.4 is 5.73 Å². The van der Waals surface area contributed by atoms with Crippen LogP contribution in [0.25, 0.3) is 16.9 Å². The molecular formula is C11H9N5. The molecule has 16 heavy (non-hydrogen) atoms. The Morgan fingerprint density at radius 1 is 1.12 bits per heavy atom. The number of nitrogen functional groups attached to an aromatic ring is 1. The molecule has 78 valence electrons. The van der Waals surface area contributed by atoms with E-state index in [9.17, 15) is 0 Å². The normalized spacial score (nSPS) is 10.8. The van der Waals surface area contributed by atoms with Crippen molar-refractivity contribution in [3.8, 4) is 5.82 Å². The monoisotopic (exact) mass is 211 g/mol. The third-order valence-corrected chi connectivity index (χ3v) is 2.30. The Kier molecular flexibility index (Phi) is 1.83. The van der Waals surface area contributed by atoms with Gasteiger partial charge in [-0.05, 0) is 24.3 Å². The summed E-state index contributed by atoms with van der Waals surface area (Å²) in [5.74, 6) is 1.14. The molecule has 0 radical (unpaired) electrons. The quantitative estimate of drug-likeness (QED) is 0.660. The van der Waals surface area contributed by atoms with Crippen molar-refractivity contribution in [2.24, 2.45) is 0 Å². The van der Waals surface area contributed by atoms with E-state index in [0.29, 0.717) is 11.6 Å². The van der Waals surface area contributed by atoms with Crippen LogP contribution in [0.1, 0.15) is 0 Å². The molecule has 0 amide bonds. The van der Waals surface area contributed by atoms with Gasteiger partial charge in [-0.3, -0.25) is 0 Å². The number of fused-ring (bicyclic) bond motifs is 1. The van der Waals surface area contributed by atoms with E-state index < -0.39 is 0 Å². The van der Waals surface area contributed by atoms with Gasteiger partial charge in [0, 0.05) is 11.6 Å². The Balaban J connectivity index is 2.26. The minimum absolute atomic E-state index is 0.470. The van der Waals surface area contributed by atoms with Crippen LogP contribution in [-0.2, 0) is 0 Å². The number of nitrogens with two attached hydrogens (primary N) is 1. The van der Waals surface area contributed by atoms with E-state index in [1.165, 1.54) is 0 Å². The van der Waals surface area contributed by atoms with Crippen molar-refractivity contribution >= 4 is 16.9 Å². The van der Waals surface area contributed by atoms with Gasteiger partial charge >= 0.3 is 0 Å². The Bertz CT molecular complexity index is 643. The summed E-state index contributed by atoms with van der Waals surface area (Å²) in [5.41, 5.74) is 6.41. The first-order valence-electron chi connectivity index (χ1n) is 4.86. The topological polar surface area (TPSA) is 69.6 Å². The average Bonchev–Trinajstić information content (AvgIpc) is 2.72. The van der Waals surface area contributed by atoms with Gasteiger partial charge in [0.15, 0.2) is 11.5 Å². The average molecular weight is 211 g/mol. The van der Waals surface area contributed by atoms with Crippen molar-refractivity contribution < 1.29 is 0 Å². The number of hydrogen-bond donors (Lipinski definition) is 1. The highest BCUT2D eigenvalue weighted by Gasteiger charge is 2.05. The maximum atomic E-state index is 5.64. The maximum Gasteiger partial charge on any atom is 0.164 e. The second-order valence-corrected chi connectivity index (χ2v) is 3.39. The molecule has 0 fully saturated rings. The van der Waals surface area contributed by atoms with Gasteiger partial charge in [-0.2, -0.15) is 9.78 Å². The first kappa shape index (κ1) is 8.84. The highest BCUT2D eigenvalue weighted by atomic mass is 15.3. The molecule has 0 bridgehead atoms. The SMILES string of the molecule is Nc1cccc(-n2ncc3cccnc32)n1. The zero-order valence-corrected chi connectivity index (χ0v) is 8.41. The zero-order valence-electron chi connectivity index (χ0n) is 8.41. The van der Waals surface area contributed by atoms with Crippen molar-refractivity contribution in [2.45, 2.75) is 0 Å². The fourth-order valence-corrected chi connectivity index (χ4v) is 1.59. The summed E-state index contributed by atoms with van der Waals surface area (Å²) >= 11 is 0. The third kappa shape index (κ3) is 1.30. The number of hydrogen-bond acceptors (Lipinski definition) is 4. The van der Waals surface area contributed by atoms with Crippen molar-refractivity contribution in [2.75, 3.05) is 5.73 Å². The highest BCUT2D eigenvalue weighted by molar-refractivity contribution is 5.75.